The molecule has 1 atom stereocenters. The molecule has 1 aliphatic heterocycles. The van der Waals surface area contributed by atoms with Gasteiger partial charge in [0.25, 0.3) is 0 Å². The van der Waals surface area contributed by atoms with Crippen molar-refractivity contribution in [1.29, 1.82) is 0 Å². The fraction of sp³-hybridized carbons (Fsp3) is 0.500. The van der Waals surface area contributed by atoms with E-state index in [1.54, 1.807) is 12.1 Å². The van der Waals surface area contributed by atoms with Crippen molar-refractivity contribution in [2.45, 2.75) is 51.1 Å². The lowest BCUT2D eigenvalue weighted by Crippen LogP contribution is -2.36. The first-order valence-electron chi connectivity index (χ1n) is 9.52. The quantitative estimate of drug-likeness (QED) is 0.866. The second kappa shape index (κ2) is 7.58. The van der Waals surface area contributed by atoms with Crippen LogP contribution in [0.3, 0.4) is 0 Å². The second-order valence-electron chi connectivity index (χ2n) is 7.29. The summed E-state index contributed by atoms with van der Waals surface area (Å²) in [6, 6.07) is 6.42. The smallest absolute Gasteiger partial charge is 0.234 e. The van der Waals surface area contributed by atoms with E-state index in [0.29, 0.717) is 13.1 Å². The van der Waals surface area contributed by atoms with E-state index in [2.05, 4.69) is 15.2 Å². The number of aromatic nitrogens is 2. The monoisotopic (exact) mass is 356 g/mol. The van der Waals surface area contributed by atoms with Crippen LogP contribution >= 0.6 is 0 Å². The molecular formula is C20H25FN4O. The van der Waals surface area contributed by atoms with Crippen LogP contribution in [0.4, 0.5) is 4.39 Å². The Balaban J connectivity index is 1.35. The molecule has 2 heterocycles. The zero-order valence-corrected chi connectivity index (χ0v) is 14.9. The molecule has 0 bridgehead atoms. The van der Waals surface area contributed by atoms with Gasteiger partial charge in [-0.2, -0.15) is 0 Å². The highest BCUT2D eigenvalue weighted by atomic mass is 19.1. The average molecular weight is 356 g/mol. The van der Waals surface area contributed by atoms with Gasteiger partial charge in [-0.25, -0.2) is 9.37 Å². The molecule has 1 saturated heterocycles. The zero-order chi connectivity index (χ0) is 17.9. The van der Waals surface area contributed by atoms with E-state index in [-0.39, 0.29) is 17.8 Å². The van der Waals surface area contributed by atoms with Crippen molar-refractivity contribution in [2.24, 2.45) is 0 Å². The van der Waals surface area contributed by atoms with Gasteiger partial charge in [0.2, 0.25) is 5.91 Å². The van der Waals surface area contributed by atoms with Gasteiger partial charge >= 0.3 is 0 Å². The second-order valence-corrected chi connectivity index (χ2v) is 7.29. The summed E-state index contributed by atoms with van der Waals surface area (Å²) in [5.74, 6) is 0.763. The van der Waals surface area contributed by atoms with E-state index in [1.165, 1.54) is 36.4 Å². The molecule has 1 aromatic heterocycles. The first-order chi connectivity index (χ1) is 12.7. The van der Waals surface area contributed by atoms with Crippen molar-refractivity contribution in [3.63, 3.8) is 0 Å². The number of nitrogens with zero attached hydrogens (tertiary/aromatic N) is 2. The van der Waals surface area contributed by atoms with Crippen LogP contribution in [0.25, 0.3) is 0 Å². The lowest BCUT2D eigenvalue weighted by Gasteiger charge is -2.22. The van der Waals surface area contributed by atoms with Gasteiger partial charge in [-0.3, -0.25) is 9.69 Å². The lowest BCUT2D eigenvalue weighted by molar-refractivity contribution is -0.122. The molecular weight excluding hydrogens is 331 g/mol. The number of aryl methyl sites for hydroxylation is 2. The SMILES string of the molecule is O=C(CN1CCCC1c1nc2c([nH]1)CCCC2)NCc1ccc(F)cc1. The number of halogens is 1. The zero-order valence-electron chi connectivity index (χ0n) is 14.9. The van der Waals surface area contributed by atoms with E-state index < -0.39 is 0 Å². The fourth-order valence-corrected chi connectivity index (χ4v) is 4.00. The third kappa shape index (κ3) is 3.80. The van der Waals surface area contributed by atoms with Crippen molar-refractivity contribution >= 4 is 5.91 Å². The first-order valence-corrected chi connectivity index (χ1v) is 9.52. The predicted molar refractivity (Wildman–Crippen MR) is 97.0 cm³/mol. The molecule has 1 aliphatic carbocycles. The summed E-state index contributed by atoms with van der Waals surface area (Å²) in [6.45, 7) is 1.71. The lowest BCUT2D eigenvalue weighted by atomic mass is 10.0. The van der Waals surface area contributed by atoms with Gasteiger partial charge in [0.05, 0.1) is 18.3 Å². The number of benzene rings is 1. The van der Waals surface area contributed by atoms with E-state index in [1.807, 2.05) is 0 Å². The number of hydrogen-bond acceptors (Lipinski definition) is 3. The average Bonchev–Trinajstić information content (AvgIpc) is 3.27. The molecule has 1 amide bonds. The normalized spacial score (nSPS) is 20.1. The summed E-state index contributed by atoms with van der Waals surface area (Å²) >= 11 is 0. The number of rotatable bonds is 5. The number of H-pyrrole nitrogens is 1. The van der Waals surface area contributed by atoms with Crippen molar-refractivity contribution in [1.82, 2.24) is 20.2 Å². The van der Waals surface area contributed by atoms with Crippen molar-refractivity contribution < 1.29 is 9.18 Å². The number of carbonyl (C=O) groups excluding carboxylic acids is 1. The number of likely N-dealkylation sites (tertiary alicyclic amines) is 1. The van der Waals surface area contributed by atoms with Crippen LogP contribution in [0.15, 0.2) is 24.3 Å². The number of imidazole rings is 1. The molecule has 2 aliphatic rings. The van der Waals surface area contributed by atoms with Crippen LogP contribution in [0.2, 0.25) is 0 Å². The van der Waals surface area contributed by atoms with E-state index in [0.717, 1.165) is 43.6 Å². The number of aromatic amines is 1. The third-order valence-electron chi connectivity index (χ3n) is 5.40. The number of carbonyl (C=O) groups is 1. The molecule has 4 rings (SSSR count). The molecule has 0 radical (unpaired) electrons. The molecule has 0 saturated carbocycles. The minimum absolute atomic E-state index is 0.00227. The molecule has 1 fully saturated rings. The Labute approximate surface area is 153 Å². The number of nitrogens with one attached hydrogen (secondary N) is 2. The first kappa shape index (κ1) is 17.2. The van der Waals surface area contributed by atoms with Crippen LogP contribution < -0.4 is 5.32 Å². The van der Waals surface area contributed by atoms with Crippen LogP contribution in [0.5, 0.6) is 0 Å². The van der Waals surface area contributed by atoms with Gasteiger partial charge in [-0.05, 0) is 62.8 Å². The summed E-state index contributed by atoms with van der Waals surface area (Å²) in [5, 5.41) is 2.93. The van der Waals surface area contributed by atoms with Crippen molar-refractivity contribution in [2.75, 3.05) is 13.1 Å². The molecule has 2 aromatic rings. The van der Waals surface area contributed by atoms with Gasteiger partial charge < -0.3 is 10.3 Å². The van der Waals surface area contributed by atoms with Gasteiger partial charge in [0, 0.05) is 12.2 Å². The van der Waals surface area contributed by atoms with Crippen molar-refractivity contribution in [3.05, 3.63) is 52.9 Å². The number of hydrogen-bond donors (Lipinski definition) is 2. The summed E-state index contributed by atoms with van der Waals surface area (Å²) in [6.07, 6.45) is 6.73. The largest absolute Gasteiger partial charge is 0.351 e. The molecule has 2 N–H and O–H groups in total. The highest BCUT2D eigenvalue weighted by Crippen LogP contribution is 2.31. The van der Waals surface area contributed by atoms with Gasteiger partial charge in [-0.1, -0.05) is 12.1 Å². The summed E-state index contributed by atoms with van der Waals surface area (Å²) in [5.41, 5.74) is 3.41. The summed E-state index contributed by atoms with van der Waals surface area (Å²) in [7, 11) is 0. The standard InChI is InChI=1S/C20H25FN4O/c21-15-9-7-14(8-10-15)12-22-19(26)13-25-11-3-6-18(25)20-23-16-4-1-2-5-17(16)24-20/h7-10,18H,1-6,11-13H2,(H,22,26)(H,23,24). The Morgan fingerprint density at radius 2 is 2.04 bits per heavy atom. The molecule has 26 heavy (non-hydrogen) atoms. The Hall–Kier alpha value is -2.21. The van der Waals surface area contributed by atoms with Crippen LogP contribution in [-0.4, -0.2) is 33.9 Å². The summed E-state index contributed by atoms with van der Waals surface area (Å²) in [4.78, 5) is 22.9. The van der Waals surface area contributed by atoms with Crippen LogP contribution in [0.1, 0.15) is 54.5 Å². The van der Waals surface area contributed by atoms with Crippen LogP contribution in [0, 0.1) is 5.82 Å². The Morgan fingerprint density at radius 3 is 2.85 bits per heavy atom. The molecule has 0 spiro atoms. The summed E-state index contributed by atoms with van der Waals surface area (Å²) < 4.78 is 12.9. The van der Waals surface area contributed by atoms with Gasteiger partial charge in [0.15, 0.2) is 0 Å². The third-order valence-corrected chi connectivity index (χ3v) is 5.40. The maximum atomic E-state index is 12.9. The Bertz CT molecular complexity index is 747. The predicted octanol–water partition coefficient (Wildman–Crippen LogP) is 2.88. The molecule has 6 heteroatoms. The van der Waals surface area contributed by atoms with Gasteiger partial charge in [-0.15, -0.1) is 0 Å². The molecule has 138 valence electrons. The van der Waals surface area contributed by atoms with E-state index in [4.69, 9.17) is 4.98 Å². The van der Waals surface area contributed by atoms with Crippen molar-refractivity contribution in [3.8, 4) is 0 Å². The van der Waals surface area contributed by atoms with Crippen LogP contribution in [-0.2, 0) is 24.2 Å². The highest BCUT2D eigenvalue weighted by molar-refractivity contribution is 5.78. The molecule has 5 nitrogen and oxygen atoms in total. The fourth-order valence-electron chi connectivity index (χ4n) is 4.00. The highest BCUT2D eigenvalue weighted by Gasteiger charge is 2.30. The number of fused-ring (bicyclic) bond motifs is 1. The molecule has 1 unspecified atom stereocenters. The molecule has 1 aromatic carbocycles. The maximum absolute atomic E-state index is 12.9. The number of amides is 1. The minimum Gasteiger partial charge on any atom is -0.351 e. The van der Waals surface area contributed by atoms with E-state index in [9.17, 15) is 9.18 Å². The Kier molecular flexibility index (Phi) is 5.02. The van der Waals surface area contributed by atoms with E-state index >= 15 is 0 Å². The topological polar surface area (TPSA) is 61.0 Å². The Morgan fingerprint density at radius 1 is 1.23 bits per heavy atom. The van der Waals surface area contributed by atoms with Gasteiger partial charge in [0.1, 0.15) is 11.6 Å². The maximum Gasteiger partial charge on any atom is 0.234 e. The minimum atomic E-state index is -0.263.